The van der Waals surface area contributed by atoms with Crippen molar-refractivity contribution in [3.05, 3.63) is 102 Å². The first-order valence-electron chi connectivity index (χ1n) is 17.9. The Hall–Kier alpha value is -5.68. The molecule has 2 aromatic heterocycles. The van der Waals surface area contributed by atoms with Crippen molar-refractivity contribution in [2.75, 3.05) is 20.7 Å². The van der Waals surface area contributed by atoms with Gasteiger partial charge in [-0.15, -0.1) is 0 Å². The second kappa shape index (κ2) is 14.9. The number of carbonyl (C=O) groups excluding carboxylic acids is 2. The maximum absolute atomic E-state index is 13.8. The molecule has 3 heterocycles. The smallest absolute Gasteiger partial charge is 0.407 e. The number of nitrogens with zero attached hydrogens (tertiary/aromatic N) is 4. The molecule has 4 aromatic carbocycles. The summed E-state index contributed by atoms with van der Waals surface area (Å²) in [5, 5.41) is 4.92. The molecule has 1 aliphatic rings. The van der Waals surface area contributed by atoms with Crippen LogP contribution in [0.5, 0.6) is 5.75 Å². The summed E-state index contributed by atoms with van der Waals surface area (Å²) in [6.07, 6.45) is 2.95. The number of imidazole rings is 2. The lowest BCUT2D eigenvalue weighted by atomic mass is 9.92. The summed E-state index contributed by atoms with van der Waals surface area (Å²) in [6, 6.07) is 23.7. The second-order valence-corrected chi connectivity index (χ2v) is 13.5. The molecule has 0 spiro atoms. The molecule has 0 saturated heterocycles. The van der Waals surface area contributed by atoms with Gasteiger partial charge in [-0.25, -0.2) is 14.8 Å². The minimum Gasteiger partial charge on any atom is -0.488 e. The van der Waals surface area contributed by atoms with Gasteiger partial charge in [0.15, 0.2) is 0 Å². The van der Waals surface area contributed by atoms with Crippen LogP contribution in [0.25, 0.3) is 44.2 Å². The first-order valence-corrected chi connectivity index (χ1v) is 17.9. The van der Waals surface area contributed by atoms with E-state index in [4.69, 9.17) is 14.5 Å². The lowest BCUT2D eigenvalue weighted by Crippen LogP contribution is -2.43. The average Bonchev–Trinajstić information content (AvgIpc) is 3.82. The molecule has 2 atom stereocenters. The predicted molar refractivity (Wildman–Crippen MR) is 203 cm³/mol. The van der Waals surface area contributed by atoms with Crippen molar-refractivity contribution in [1.29, 1.82) is 0 Å². The van der Waals surface area contributed by atoms with E-state index in [1.165, 1.54) is 7.11 Å². The molecule has 0 fully saturated rings. The zero-order chi connectivity index (χ0) is 36.4. The topological polar surface area (TPSA) is 128 Å². The number of rotatable bonds is 12. The SMILES string of the molecule is CCCN(Cc1ncc(-c2ccc3c(c2)COc2cc4c(ccc5nc(CN(C)[C@@H](C)CC)[nH]c54)cc2-3)[nH]1)C(=O)C(NC(=O)OC)c1ccccc1. The Balaban J connectivity index is 1.12. The maximum atomic E-state index is 13.8. The van der Waals surface area contributed by atoms with Crippen LogP contribution in [0.1, 0.15) is 62.4 Å². The van der Waals surface area contributed by atoms with Crippen LogP contribution in [0.2, 0.25) is 0 Å². The van der Waals surface area contributed by atoms with Crippen LogP contribution in [0.3, 0.4) is 0 Å². The number of aromatic amines is 2. The highest BCUT2D eigenvalue weighted by Crippen LogP contribution is 2.42. The molecule has 0 radical (unpaired) electrons. The van der Waals surface area contributed by atoms with Crippen LogP contribution in [-0.4, -0.2) is 68.5 Å². The van der Waals surface area contributed by atoms with Gasteiger partial charge in [-0.2, -0.15) is 0 Å². The zero-order valence-corrected chi connectivity index (χ0v) is 30.3. The van der Waals surface area contributed by atoms with E-state index >= 15 is 0 Å². The van der Waals surface area contributed by atoms with Gasteiger partial charge >= 0.3 is 6.09 Å². The third-order valence-corrected chi connectivity index (χ3v) is 10.1. The van der Waals surface area contributed by atoms with Gasteiger partial charge in [-0.3, -0.25) is 9.69 Å². The summed E-state index contributed by atoms with van der Waals surface area (Å²) in [5.41, 5.74) is 7.76. The quantitative estimate of drug-likeness (QED) is 0.119. The highest BCUT2D eigenvalue weighted by atomic mass is 16.5. The number of aromatic nitrogens is 4. The van der Waals surface area contributed by atoms with Crippen molar-refractivity contribution in [2.45, 2.75) is 65.4 Å². The number of fused-ring (bicyclic) bond motifs is 6. The Morgan fingerprint density at radius 2 is 1.81 bits per heavy atom. The van der Waals surface area contributed by atoms with Crippen LogP contribution in [0, 0.1) is 0 Å². The van der Waals surface area contributed by atoms with Gasteiger partial charge < -0.3 is 29.7 Å². The van der Waals surface area contributed by atoms with Crippen LogP contribution in [0.4, 0.5) is 4.79 Å². The molecule has 1 aliphatic heterocycles. The monoisotopic (exact) mass is 699 g/mol. The number of alkyl carbamates (subject to hydrolysis) is 1. The van der Waals surface area contributed by atoms with Crippen molar-refractivity contribution >= 4 is 33.8 Å². The number of amides is 2. The van der Waals surface area contributed by atoms with Crippen molar-refractivity contribution in [2.24, 2.45) is 0 Å². The van der Waals surface area contributed by atoms with E-state index in [9.17, 15) is 9.59 Å². The summed E-state index contributed by atoms with van der Waals surface area (Å²) in [6.45, 7) is 8.40. The molecule has 52 heavy (non-hydrogen) atoms. The minimum atomic E-state index is -0.889. The van der Waals surface area contributed by atoms with Crippen LogP contribution in [0.15, 0.2) is 79.0 Å². The summed E-state index contributed by atoms with van der Waals surface area (Å²) in [4.78, 5) is 46.6. The Morgan fingerprint density at radius 1 is 0.981 bits per heavy atom. The fourth-order valence-corrected chi connectivity index (χ4v) is 6.89. The summed E-state index contributed by atoms with van der Waals surface area (Å²) in [7, 11) is 3.42. The van der Waals surface area contributed by atoms with Gasteiger partial charge in [0.25, 0.3) is 0 Å². The van der Waals surface area contributed by atoms with Crippen molar-refractivity contribution < 1.29 is 19.1 Å². The Morgan fingerprint density at radius 3 is 2.58 bits per heavy atom. The normalized spacial score (nSPS) is 13.3. The Labute approximate surface area is 303 Å². The molecule has 7 rings (SSSR count). The van der Waals surface area contributed by atoms with Gasteiger partial charge in [0.1, 0.15) is 30.0 Å². The van der Waals surface area contributed by atoms with E-state index in [1.807, 2.05) is 37.3 Å². The molecule has 1 unspecified atom stereocenters. The van der Waals surface area contributed by atoms with Gasteiger partial charge in [-0.1, -0.05) is 62.4 Å². The summed E-state index contributed by atoms with van der Waals surface area (Å²) < 4.78 is 11.2. The van der Waals surface area contributed by atoms with E-state index in [-0.39, 0.29) is 12.5 Å². The molecular weight excluding hydrogens is 654 g/mol. The predicted octanol–water partition coefficient (Wildman–Crippen LogP) is 7.73. The average molecular weight is 700 g/mol. The number of benzene rings is 4. The number of hydrogen-bond acceptors (Lipinski definition) is 7. The molecule has 268 valence electrons. The highest BCUT2D eigenvalue weighted by molar-refractivity contribution is 6.07. The molecule has 3 N–H and O–H groups in total. The van der Waals surface area contributed by atoms with Crippen molar-refractivity contribution in [3.8, 4) is 28.1 Å². The Bertz CT molecular complexity index is 2230. The first kappa shape index (κ1) is 34.8. The number of H-pyrrole nitrogens is 2. The molecule has 11 nitrogen and oxygen atoms in total. The summed E-state index contributed by atoms with van der Waals surface area (Å²) >= 11 is 0. The fraction of sp³-hybridized carbons (Fsp3) is 0.317. The Kier molecular flexibility index (Phi) is 9.95. The van der Waals surface area contributed by atoms with Gasteiger partial charge in [-0.05, 0) is 78.7 Å². The molecular formula is C41H45N7O4. The standard InChI is InChI=1S/C41H45N7O4/c1-6-17-48(40(49)38(46-41(50)51-5)26-11-9-8-10-12-26)23-36-42-21-34(44-36)28-13-15-30-29(18-28)24-52-35-20-31-27(19-32(30)35)14-16-33-39(31)45-37(43-33)22-47(4)25(3)7-2/h8-16,18-21,25,38H,6-7,17,22-24H2,1-5H3,(H,42,44)(H,43,45)(H,46,50)/t25-,38?/m0/s1. The van der Waals surface area contributed by atoms with Crippen LogP contribution < -0.4 is 10.1 Å². The van der Waals surface area contributed by atoms with E-state index in [2.05, 4.69) is 88.5 Å². The molecule has 0 bridgehead atoms. The second-order valence-electron chi connectivity index (χ2n) is 13.5. The molecule has 0 saturated carbocycles. The number of nitrogens with one attached hydrogen (secondary N) is 3. The zero-order valence-electron chi connectivity index (χ0n) is 30.3. The van der Waals surface area contributed by atoms with Crippen molar-refractivity contribution in [3.63, 3.8) is 0 Å². The first-order chi connectivity index (χ1) is 25.3. The number of hydrogen-bond donors (Lipinski definition) is 3. The maximum Gasteiger partial charge on any atom is 0.407 e. The molecule has 2 amide bonds. The van der Waals surface area contributed by atoms with Gasteiger partial charge in [0.2, 0.25) is 5.91 Å². The lowest BCUT2D eigenvalue weighted by molar-refractivity contribution is -0.134. The molecule has 0 aliphatic carbocycles. The van der Waals surface area contributed by atoms with Gasteiger partial charge in [0.05, 0.1) is 43.1 Å². The van der Waals surface area contributed by atoms with E-state index in [1.54, 1.807) is 11.1 Å². The third-order valence-electron chi connectivity index (χ3n) is 10.1. The number of carbonyl (C=O) groups is 2. The summed E-state index contributed by atoms with van der Waals surface area (Å²) in [5.74, 6) is 2.22. The van der Waals surface area contributed by atoms with E-state index in [0.29, 0.717) is 30.6 Å². The minimum absolute atomic E-state index is 0.239. The third kappa shape index (κ3) is 6.96. The lowest BCUT2D eigenvalue weighted by Gasteiger charge is -2.27. The number of ether oxygens (including phenoxy) is 2. The van der Waals surface area contributed by atoms with E-state index in [0.717, 1.165) is 80.7 Å². The molecule has 11 heteroatoms. The largest absolute Gasteiger partial charge is 0.488 e. The van der Waals surface area contributed by atoms with Crippen molar-refractivity contribution in [1.82, 2.24) is 35.1 Å². The fourth-order valence-electron chi connectivity index (χ4n) is 6.89. The van der Waals surface area contributed by atoms with Crippen LogP contribution in [-0.2, 0) is 29.2 Å². The highest BCUT2D eigenvalue weighted by Gasteiger charge is 2.28. The number of methoxy groups -OCH3 is 1. The van der Waals surface area contributed by atoms with Crippen LogP contribution >= 0.6 is 0 Å². The molecule has 6 aromatic rings. The van der Waals surface area contributed by atoms with E-state index < -0.39 is 12.1 Å². The van der Waals surface area contributed by atoms with Gasteiger partial charge in [0, 0.05) is 23.5 Å².